The normalized spacial score (nSPS) is 12.4. The summed E-state index contributed by atoms with van der Waals surface area (Å²) in [5.41, 5.74) is 18.1. The number of rotatable bonds is 10. The second-order valence-electron chi connectivity index (χ2n) is 18.1. The predicted octanol–water partition coefficient (Wildman–Crippen LogP) is 16.6. The van der Waals surface area contributed by atoms with Gasteiger partial charge in [-0.25, -0.2) is 19.9 Å². The first kappa shape index (κ1) is 41.6. The maximum Gasteiger partial charge on any atom is 0.164 e. The summed E-state index contributed by atoms with van der Waals surface area (Å²) in [4.78, 5) is 20.7. The Morgan fingerprint density at radius 3 is 1.87 bits per heavy atom. The highest BCUT2D eigenvalue weighted by Gasteiger charge is 2.26. The minimum atomic E-state index is 0.644. The summed E-state index contributed by atoms with van der Waals surface area (Å²) in [5, 5.41) is 4.79. The van der Waals surface area contributed by atoms with Gasteiger partial charge in [0.15, 0.2) is 17.5 Å². The smallest absolute Gasteiger partial charge is 0.164 e. The van der Waals surface area contributed by atoms with Crippen molar-refractivity contribution < 1.29 is 0 Å². The number of aromatic nitrogens is 4. The van der Waals surface area contributed by atoms with Crippen LogP contribution in [0.1, 0.15) is 34.2 Å². The van der Waals surface area contributed by atoms with Crippen LogP contribution in [0.4, 0.5) is 5.69 Å². The zero-order valence-electron chi connectivity index (χ0n) is 38.6. The van der Waals surface area contributed by atoms with Crippen LogP contribution in [-0.2, 0) is 12.8 Å². The first-order chi connectivity index (χ1) is 34.6. The van der Waals surface area contributed by atoms with E-state index < -0.39 is 0 Å². The molecule has 6 heteroatoms. The van der Waals surface area contributed by atoms with Crippen LogP contribution >= 0.6 is 11.3 Å². The van der Waals surface area contributed by atoms with Gasteiger partial charge in [0.2, 0.25) is 0 Å². The lowest BCUT2D eigenvalue weighted by Gasteiger charge is -2.18. The van der Waals surface area contributed by atoms with Crippen molar-refractivity contribution in [1.29, 1.82) is 0 Å². The second-order valence-corrected chi connectivity index (χ2v) is 19.2. The molecular formula is C64H45N5S. The van der Waals surface area contributed by atoms with Crippen LogP contribution < -0.4 is 0 Å². The highest BCUT2D eigenvalue weighted by Crippen LogP contribution is 2.47. The number of thiophene rings is 1. The molecular weight excluding hydrogens is 871 g/mol. The molecule has 0 unspecified atom stereocenters. The summed E-state index contributed by atoms with van der Waals surface area (Å²) in [5.74, 6) is 1.94. The quantitative estimate of drug-likeness (QED) is 0.137. The van der Waals surface area contributed by atoms with Gasteiger partial charge >= 0.3 is 0 Å². The number of nitrogens with zero attached hydrogens (tertiary/aromatic N) is 5. The number of allylic oxidation sites excluding steroid dienone is 1. The van der Waals surface area contributed by atoms with Crippen molar-refractivity contribution >= 4 is 70.3 Å². The molecule has 0 amide bonds. The number of hydrogen-bond acceptors (Lipinski definition) is 5. The highest BCUT2D eigenvalue weighted by molar-refractivity contribution is 7.26. The summed E-state index contributed by atoms with van der Waals surface area (Å²) >= 11 is 1.84. The largest absolute Gasteiger partial charge is 0.307 e. The van der Waals surface area contributed by atoms with E-state index in [0.717, 1.165) is 69.6 Å². The number of hydrogen-bond donors (Lipinski definition) is 0. The summed E-state index contributed by atoms with van der Waals surface area (Å²) < 4.78 is 4.96. The molecule has 13 rings (SSSR count). The minimum Gasteiger partial charge on any atom is -0.307 e. The van der Waals surface area contributed by atoms with Crippen molar-refractivity contribution in [3.05, 3.63) is 241 Å². The molecule has 0 bridgehead atoms. The van der Waals surface area contributed by atoms with E-state index in [1.807, 2.05) is 53.8 Å². The Kier molecular flexibility index (Phi) is 10.2. The second kappa shape index (κ2) is 17.2. The Hall–Kier alpha value is -8.58. The van der Waals surface area contributed by atoms with Gasteiger partial charge in [-0.05, 0) is 84.3 Å². The lowest BCUT2D eigenvalue weighted by molar-refractivity contribution is 0.822. The van der Waals surface area contributed by atoms with E-state index in [-0.39, 0.29) is 0 Å². The zero-order valence-corrected chi connectivity index (χ0v) is 39.4. The summed E-state index contributed by atoms with van der Waals surface area (Å²) in [7, 11) is 0. The molecule has 0 fully saturated rings. The summed E-state index contributed by atoms with van der Waals surface area (Å²) in [6.07, 6.45) is 2.69. The van der Waals surface area contributed by atoms with Gasteiger partial charge in [0.1, 0.15) is 0 Å². The van der Waals surface area contributed by atoms with E-state index >= 15 is 0 Å². The van der Waals surface area contributed by atoms with Crippen molar-refractivity contribution in [2.45, 2.75) is 26.2 Å². The molecule has 4 heterocycles. The van der Waals surface area contributed by atoms with Gasteiger partial charge in [0, 0.05) is 59.6 Å². The fourth-order valence-electron chi connectivity index (χ4n) is 10.7. The fraction of sp³-hybridized carbons (Fsp3) is 0.0625. The number of benzene rings is 9. The zero-order chi connectivity index (χ0) is 46.7. The molecule has 12 aromatic rings. The monoisotopic (exact) mass is 915 g/mol. The van der Waals surface area contributed by atoms with Gasteiger partial charge in [0.25, 0.3) is 0 Å². The third kappa shape index (κ3) is 6.98. The molecule has 0 N–H and O–H groups in total. The average Bonchev–Trinajstić information content (AvgIpc) is 4.09. The van der Waals surface area contributed by atoms with Crippen molar-refractivity contribution in [3.63, 3.8) is 0 Å². The van der Waals surface area contributed by atoms with Gasteiger partial charge < -0.3 is 4.57 Å². The third-order valence-corrected chi connectivity index (χ3v) is 15.1. The first-order valence-corrected chi connectivity index (χ1v) is 24.8. The minimum absolute atomic E-state index is 0.644. The van der Waals surface area contributed by atoms with E-state index in [4.69, 9.17) is 19.9 Å². The van der Waals surface area contributed by atoms with E-state index in [1.165, 1.54) is 70.0 Å². The number of aryl methyl sites for hydroxylation is 3. The molecule has 1 aliphatic rings. The molecule has 0 spiro atoms. The molecule has 0 radical (unpaired) electrons. The molecule has 0 saturated heterocycles. The number of aliphatic imine (C=N–C) groups is 1. The maximum atomic E-state index is 5.26. The van der Waals surface area contributed by atoms with Gasteiger partial charge in [-0.1, -0.05) is 183 Å². The van der Waals surface area contributed by atoms with Crippen LogP contribution in [-0.4, -0.2) is 25.2 Å². The molecule has 0 atom stereocenters. The van der Waals surface area contributed by atoms with Gasteiger partial charge in [0.05, 0.1) is 32.8 Å². The lowest BCUT2D eigenvalue weighted by atomic mass is 9.89. The predicted molar refractivity (Wildman–Crippen MR) is 294 cm³/mol. The van der Waals surface area contributed by atoms with E-state index in [9.17, 15) is 0 Å². The Morgan fingerprint density at radius 2 is 1.13 bits per heavy atom. The summed E-state index contributed by atoms with van der Waals surface area (Å²) in [6, 6.07) is 73.2. The number of para-hydroxylation sites is 1. The van der Waals surface area contributed by atoms with Gasteiger partial charge in [-0.2, -0.15) is 0 Å². The van der Waals surface area contributed by atoms with Crippen LogP contribution in [0.2, 0.25) is 0 Å². The van der Waals surface area contributed by atoms with E-state index in [2.05, 4.69) is 182 Å². The molecule has 9 aromatic carbocycles. The maximum absolute atomic E-state index is 5.26. The summed E-state index contributed by atoms with van der Waals surface area (Å²) in [6.45, 7) is 6.84. The lowest BCUT2D eigenvalue weighted by Crippen LogP contribution is -2.03. The standard InChI is InChI=1S/C64H45N5S/c1-40-20-12-13-29-46(40)47-36-37-50-48-30-14-16-34-54(48)69(60(50)49(47)32-18-27-42-28-19-33-53-57(42)41(2)59(65-53)43-21-6-3-7-22-43)55-39-38-52(58-51-31-15-17-35-56(51)70-61(55)58)64-67-62(44-23-8-4-9-24-44)66-63(68-64)45-25-10-5-11-26-45/h3-17,19-26,28-31,33-39H,2,18,27,32H2,1H3. The van der Waals surface area contributed by atoms with Crippen LogP contribution in [0.3, 0.4) is 0 Å². The van der Waals surface area contributed by atoms with Gasteiger partial charge in [-0.3, -0.25) is 0 Å². The Balaban J connectivity index is 1.01. The van der Waals surface area contributed by atoms with Crippen molar-refractivity contribution in [3.8, 4) is 51.0 Å². The van der Waals surface area contributed by atoms with E-state index in [1.54, 1.807) is 0 Å². The number of fused-ring (bicyclic) bond motifs is 7. The fourth-order valence-corrected chi connectivity index (χ4v) is 11.9. The third-order valence-electron chi connectivity index (χ3n) is 13.9. The Bertz CT molecular complexity index is 4000. The molecule has 3 aromatic heterocycles. The highest BCUT2D eigenvalue weighted by atomic mass is 32.1. The molecule has 0 aliphatic carbocycles. The van der Waals surface area contributed by atoms with Crippen LogP contribution in [0.5, 0.6) is 0 Å². The molecule has 70 heavy (non-hydrogen) atoms. The van der Waals surface area contributed by atoms with Crippen molar-refractivity contribution in [2.24, 2.45) is 4.99 Å². The van der Waals surface area contributed by atoms with Crippen molar-refractivity contribution in [2.75, 3.05) is 0 Å². The topological polar surface area (TPSA) is 56.0 Å². The Morgan fingerprint density at radius 1 is 0.500 bits per heavy atom. The average molecular weight is 916 g/mol. The van der Waals surface area contributed by atoms with Crippen LogP contribution in [0, 0.1) is 6.92 Å². The molecule has 0 saturated carbocycles. The van der Waals surface area contributed by atoms with Crippen LogP contribution in [0.15, 0.2) is 218 Å². The molecule has 332 valence electrons. The first-order valence-electron chi connectivity index (χ1n) is 24.0. The Labute approximate surface area is 410 Å². The molecule has 5 nitrogen and oxygen atoms in total. The molecule has 1 aliphatic heterocycles. The van der Waals surface area contributed by atoms with Crippen LogP contribution in [0.25, 0.3) is 98.5 Å². The van der Waals surface area contributed by atoms with E-state index in [0.29, 0.717) is 17.5 Å². The van der Waals surface area contributed by atoms with Gasteiger partial charge in [-0.15, -0.1) is 11.3 Å². The SMILES string of the molecule is C=C1C(c2ccccc2)=Nc2cccc(CCCc3c(-c4ccccc4C)ccc4c5ccccc5n(-c5ccc(-c6nc(-c7ccccc7)nc(-c7ccccc7)n6)c6c5sc5ccccc56)c34)c21. The van der Waals surface area contributed by atoms with Crippen molar-refractivity contribution in [1.82, 2.24) is 19.5 Å².